The minimum Gasteiger partial charge on any atom is -0.748 e. The summed E-state index contributed by atoms with van der Waals surface area (Å²) in [4.78, 5) is 0. The van der Waals surface area contributed by atoms with Gasteiger partial charge in [-0.15, -0.1) is 0 Å². The van der Waals surface area contributed by atoms with E-state index in [0.717, 1.165) is 6.92 Å². The number of hydrogen-bond donors (Lipinski definition) is 0. The molecular weight excluding hydrogens is 444 g/mol. The van der Waals surface area contributed by atoms with Crippen LogP contribution in [0.1, 0.15) is 13.3 Å². The second-order valence-corrected chi connectivity index (χ2v) is 8.28. The molecule has 0 aromatic carbocycles. The van der Waals surface area contributed by atoms with Crippen molar-refractivity contribution in [2.24, 2.45) is 0 Å². The molecule has 0 radical (unpaired) electrons. The molecule has 18 heteroatoms. The van der Waals surface area contributed by atoms with Gasteiger partial charge in [-0.05, 0) is 6.42 Å². The van der Waals surface area contributed by atoms with Crippen LogP contribution >= 0.6 is 0 Å². The van der Waals surface area contributed by atoms with Gasteiger partial charge in [-0.3, -0.25) is 0 Å². The summed E-state index contributed by atoms with van der Waals surface area (Å²) < 4.78 is 168. The first-order valence-electron chi connectivity index (χ1n) is 6.30. The zero-order valence-electron chi connectivity index (χ0n) is 13.5. The third-order valence-corrected chi connectivity index (χ3v) is 5.75. The molecule has 0 unspecified atom stereocenters. The van der Waals surface area contributed by atoms with Gasteiger partial charge in [0.15, 0.2) is 0 Å². The van der Waals surface area contributed by atoms with Gasteiger partial charge in [0.25, 0.3) is 10.0 Å². The average molecular weight is 455 g/mol. The Morgan fingerprint density at radius 3 is 1.56 bits per heavy atom. The number of halogens is 9. The number of nitrogens with zero attached hydrogens (tertiary/aromatic N) is 1. The van der Waals surface area contributed by atoms with Crippen molar-refractivity contribution in [3.8, 4) is 0 Å². The molecule has 0 heterocycles. The smallest absolute Gasteiger partial charge is 0.748 e. The first-order valence-corrected chi connectivity index (χ1v) is 9.32. The predicted molar refractivity (Wildman–Crippen MR) is 66.2 cm³/mol. The van der Waals surface area contributed by atoms with Crippen LogP contribution in [0, 0.1) is 0 Å². The summed E-state index contributed by atoms with van der Waals surface area (Å²) in [5.74, 6) is -16.1. The molecule has 27 heavy (non-hydrogen) atoms. The van der Waals surface area contributed by atoms with Crippen molar-refractivity contribution < 1.29 is 79.8 Å². The summed E-state index contributed by atoms with van der Waals surface area (Å²) in [6, 6.07) is 0. The van der Waals surface area contributed by atoms with Gasteiger partial charge >= 0.3 is 42.1 Å². The molecule has 0 aliphatic rings. The largest absolute Gasteiger partial charge is 1.00 e. The second-order valence-electron chi connectivity index (χ2n) is 4.78. The summed E-state index contributed by atoms with van der Waals surface area (Å²) in [7, 11) is -11.8. The third kappa shape index (κ3) is 5.66. The van der Waals surface area contributed by atoms with E-state index >= 15 is 0 Å². The quantitative estimate of drug-likeness (QED) is 0.253. The molecule has 6 nitrogen and oxygen atoms in total. The normalized spacial score (nSPS) is 15.0. The molecule has 0 saturated heterocycles. The number of alkyl halides is 9. The minimum atomic E-state index is -7.39. The van der Waals surface area contributed by atoms with Gasteiger partial charge in [0.05, 0.1) is 10.1 Å². The first-order chi connectivity index (χ1) is 11.2. The maximum atomic E-state index is 13.6. The van der Waals surface area contributed by atoms with Crippen molar-refractivity contribution >= 4 is 20.1 Å². The van der Waals surface area contributed by atoms with E-state index in [-0.39, 0.29) is 18.9 Å². The van der Waals surface area contributed by atoms with Crippen molar-refractivity contribution in [3.05, 3.63) is 0 Å². The van der Waals surface area contributed by atoms with Crippen molar-refractivity contribution in [2.75, 3.05) is 18.8 Å². The molecule has 0 N–H and O–H groups in total. The van der Waals surface area contributed by atoms with Crippen molar-refractivity contribution in [2.45, 2.75) is 36.6 Å². The van der Waals surface area contributed by atoms with Gasteiger partial charge in [-0.1, -0.05) is 6.92 Å². The Bertz CT molecular complexity index is 708. The van der Waals surface area contributed by atoms with Crippen LogP contribution in [0.15, 0.2) is 0 Å². The van der Waals surface area contributed by atoms with E-state index in [1.165, 1.54) is 0 Å². The van der Waals surface area contributed by atoms with E-state index in [0.29, 0.717) is 0 Å². The summed E-state index contributed by atoms with van der Waals surface area (Å²) in [5.41, 5.74) is 0. The molecule has 0 aromatic heterocycles. The van der Waals surface area contributed by atoms with Crippen LogP contribution in [0.5, 0.6) is 0 Å². The maximum Gasteiger partial charge on any atom is 1.00 e. The number of rotatable bonds is 9. The van der Waals surface area contributed by atoms with Gasteiger partial charge in [0.2, 0.25) is 0 Å². The van der Waals surface area contributed by atoms with Crippen LogP contribution in [-0.2, 0) is 20.1 Å². The molecule has 0 atom stereocenters. The van der Waals surface area contributed by atoms with Crippen LogP contribution < -0.4 is 18.9 Å². The minimum absolute atomic E-state index is 0. The topological polar surface area (TPSA) is 94.6 Å². The number of hydrogen-bond acceptors (Lipinski definition) is 5. The molecule has 0 aliphatic heterocycles. The molecule has 0 fully saturated rings. The molecule has 0 amide bonds. The Kier molecular flexibility index (Phi) is 9.29. The zero-order valence-corrected chi connectivity index (χ0v) is 15.2. The fraction of sp³-hybridized carbons (Fsp3) is 1.00. The summed E-state index contributed by atoms with van der Waals surface area (Å²) in [6.45, 7) is -1.69. The van der Waals surface area contributed by atoms with Crippen molar-refractivity contribution in [1.82, 2.24) is 4.31 Å². The van der Waals surface area contributed by atoms with E-state index in [1.54, 1.807) is 0 Å². The van der Waals surface area contributed by atoms with Gasteiger partial charge in [-0.25, -0.2) is 16.8 Å². The van der Waals surface area contributed by atoms with E-state index in [1.807, 2.05) is 0 Å². The third-order valence-electron chi connectivity index (χ3n) is 2.93. The Hall–Kier alpha value is -0.213. The average Bonchev–Trinajstić information content (AvgIpc) is 2.40. The fourth-order valence-corrected chi connectivity index (χ4v) is 3.52. The van der Waals surface area contributed by atoms with Crippen LogP contribution in [0.2, 0.25) is 0 Å². The van der Waals surface area contributed by atoms with Crippen LogP contribution in [0.25, 0.3) is 0 Å². The monoisotopic (exact) mass is 455 g/mol. The van der Waals surface area contributed by atoms with Gasteiger partial charge in [0.1, 0.15) is 0 Å². The molecule has 0 rings (SSSR count). The van der Waals surface area contributed by atoms with E-state index in [2.05, 4.69) is 0 Å². The van der Waals surface area contributed by atoms with E-state index < -0.39 is 73.0 Å². The van der Waals surface area contributed by atoms with E-state index in [9.17, 15) is 60.9 Å². The number of sulfonamides is 1. The summed E-state index contributed by atoms with van der Waals surface area (Å²) in [5, 5.41) is -6.90. The molecule has 0 spiro atoms. The summed E-state index contributed by atoms with van der Waals surface area (Å²) in [6.07, 6.45) is -8.18. The second kappa shape index (κ2) is 8.65. The Labute approximate surface area is 160 Å². The molecule has 0 aliphatic carbocycles. The zero-order chi connectivity index (χ0) is 21.4. The standard InChI is InChI=1S/C9H12F9NO5S2.Li/c1-2-19(4-3-5-25(20,21)22)26(23,24)9(17,18)7(12,13)6(10,11)8(14,15)16;/h2-5H2,1H3,(H,20,21,22);/q;+1/p-1. The van der Waals surface area contributed by atoms with Gasteiger partial charge in [-0.2, -0.15) is 43.8 Å². The maximum absolute atomic E-state index is 13.6. The van der Waals surface area contributed by atoms with Crippen molar-refractivity contribution in [3.63, 3.8) is 0 Å². The molecular formula is C9H11F9LiNO5S2. The van der Waals surface area contributed by atoms with Crippen molar-refractivity contribution in [1.29, 1.82) is 0 Å². The first kappa shape index (κ1) is 29.0. The fourth-order valence-electron chi connectivity index (χ4n) is 1.55. The SMILES string of the molecule is CCN(CCCS(=O)(=O)[O-])S(=O)(=O)C(F)(F)C(F)(F)C(F)(F)C(F)(F)F.[Li+]. The van der Waals surface area contributed by atoms with Gasteiger partial charge in [0, 0.05) is 18.8 Å². The van der Waals surface area contributed by atoms with Crippen LogP contribution in [-0.4, -0.2) is 67.8 Å². The van der Waals surface area contributed by atoms with Crippen LogP contribution in [0.4, 0.5) is 39.5 Å². The van der Waals surface area contributed by atoms with E-state index in [4.69, 9.17) is 0 Å². The Morgan fingerprint density at radius 2 is 1.26 bits per heavy atom. The Balaban J connectivity index is 0. The molecule has 0 aromatic rings. The molecule has 0 saturated carbocycles. The van der Waals surface area contributed by atoms with Crippen LogP contribution in [0.3, 0.4) is 0 Å². The molecule has 158 valence electrons. The summed E-state index contributed by atoms with van der Waals surface area (Å²) >= 11 is 0. The predicted octanol–water partition coefficient (Wildman–Crippen LogP) is -0.997. The molecule has 0 bridgehead atoms. The Morgan fingerprint density at radius 1 is 0.852 bits per heavy atom. The van der Waals surface area contributed by atoms with Gasteiger partial charge < -0.3 is 4.55 Å².